The van der Waals surface area contributed by atoms with Crippen LogP contribution in [0.4, 0.5) is 5.69 Å². The Morgan fingerprint density at radius 2 is 1.66 bits per heavy atom. The van der Waals surface area contributed by atoms with E-state index < -0.39 is 0 Å². The van der Waals surface area contributed by atoms with E-state index in [0.717, 1.165) is 54.1 Å². The largest absolute Gasteiger partial charge is 0.368 e. The Balaban J connectivity index is 1.08. The summed E-state index contributed by atoms with van der Waals surface area (Å²) in [5, 5.41) is 14.8. The van der Waals surface area contributed by atoms with Gasteiger partial charge < -0.3 is 9.80 Å². The molecule has 0 bridgehead atoms. The number of aryl methyl sites for hydroxylation is 3. The number of rotatable bonds is 6. The number of hydrogen-bond acceptors (Lipinski definition) is 6. The Morgan fingerprint density at radius 1 is 0.878 bits per heavy atom. The summed E-state index contributed by atoms with van der Waals surface area (Å²) in [5.74, 6) is 2.30. The van der Waals surface area contributed by atoms with Gasteiger partial charge in [-0.05, 0) is 49.6 Å². The van der Waals surface area contributed by atoms with Gasteiger partial charge in [0.05, 0.1) is 5.52 Å². The highest BCUT2D eigenvalue weighted by atomic mass is 16.2. The summed E-state index contributed by atoms with van der Waals surface area (Å²) >= 11 is 0. The van der Waals surface area contributed by atoms with Gasteiger partial charge in [-0.1, -0.05) is 54.6 Å². The highest BCUT2D eigenvalue weighted by Crippen LogP contribution is 2.26. The summed E-state index contributed by atoms with van der Waals surface area (Å²) in [6.45, 7) is 7.49. The molecule has 206 valence electrons. The second-order valence-electron chi connectivity index (χ2n) is 10.8. The molecule has 4 heterocycles. The van der Waals surface area contributed by atoms with Crippen molar-refractivity contribution in [3.05, 3.63) is 89.7 Å². The second-order valence-corrected chi connectivity index (χ2v) is 10.8. The Hall–Kier alpha value is -4.79. The van der Waals surface area contributed by atoms with Crippen LogP contribution in [0.15, 0.2) is 72.8 Å². The second kappa shape index (κ2) is 10.3. The molecule has 9 nitrogen and oxygen atoms in total. The number of carbonyl (C=O) groups excluding carboxylic acids is 1. The van der Waals surface area contributed by atoms with Gasteiger partial charge in [0.25, 0.3) is 5.78 Å². The molecule has 1 aliphatic heterocycles. The number of piperazine rings is 1. The monoisotopic (exact) mass is 544 g/mol. The summed E-state index contributed by atoms with van der Waals surface area (Å²) in [6, 6.07) is 24.7. The first-order valence-electron chi connectivity index (χ1n) is 14.2. The maximum absolute atomic E-state index is 13.1. The van der Waals surface area contributed by atoms with E-state index in [-0.39, 0.29) is 5.91 Å². The number of amides is 1. The lowest BCUT2D eigenvalue weighted by atomic mass is 10.1. The van der Waals surface area contributed by atoms with E-state index in [9.17, 15) is 4.79 Å². The molecule has 0 spiro atoms. The van der Waals surface area contributed by atoms with Crippen molar-refractivity contribution in [2.24, 2.45) is 0 Å². The highest BCUT2D eigenvalue weighted by Gasteiger charge is 2.23. The zero-order valence-corrected chi connectivity index (χ0v) is 23.4. The van der Waals surface area contributed by atoms with Gasteiger partial charge in [0.2, 0.25) is 5.91 Å². The van der Waals surface area contributed by atoms with Crippen LogP contribution in [-0.4, -0.2) is 66.2 Å². The molecule has 6 aromatic rings. The third-order valence-electron chi connectivity index (χ3n) is 8.06. The molecule has 0 aliphatic carbocycles. The topological polar surface area (TPSA) is 83.9 Å². The minimum absolute atomic E-state index is 0.204. The third-order valence-corrected chi connectivity index (χ3v) is 8.06. The molecule has 7 rings (SSSR count). The summed E-state index contributed by atoms with van der Waals surface area (Å²) in [4.78, 5) is 22.4. The number of para-hydroxylation sites is 1. The Morgan fingerprint density at radius 3 is 2.49 bits per heavy atom. The molecule has 3 aromatic carbocycles. The molecule has 0 saturated carbocycles. The fourth-order valence-corrected chi connectivity index (χ4v) is 5.86. The van der Waals surface area contributed by atoms with Crippen molar-refractivity contribution in [1.82, 2.24) is 34.1 Å². The van der Waals surface area contributed by atoms with Crippen LogP contribution in [0.25, 0.3) is 33.7 Å². The van der Waals surface area contributed by atoms with Crippen LogP contribution in [0.2, 0.25) is 0 Å². The van der Waals surface area contributed by atoms with Crippen LogP contribution in [0.3, 0.4) is 0 Å². The average Bonchev–Trinajstić information content (AvgIpc) is 3.64. The molecule has 0 atom stereocenters. The van der Waals surface area contributed by atoms with Gasteiger partial charge in [0, 0.05) is 55.7 Å². The lowest BCUT2D eigenvalue weighted by Gasteiger charge is -2.37. The molecule has 41 heavy (non-hydrogen) atoms. The van der Waals surface area contributed by atoms with Crippen molar-refractivity contribution in [3.8, 4) is 11.4 Å². The summed E-state index contributed by atoms with van der Waals surface area (Å²) < 4.78 is 3.83. The predicted molar refractivity (Wildman–Crippen MR) is 160 cm³/mol. The Bertz CT molecular complexity index is 1880. The molecule has 1 aliphatic rings. The molecule has 0 N–H and O–H groups in total. The van der Waals surface area contributed by atoms with Gasteiger partial charge in [-0.3, -0.25) is 9.20 Å². The Kier molecular flexibility index (Phi) is 6.34. The number of fused-ring (bicyclic) bond motifs is 6. The van der Waals surface area contributed by atoms with Crippen LogP contribution >= 0.6 is 0 Å². The van der Waals surface area contributed by atoms with Gasteiger partial charge in [0.1, 0.15) is 5.82 Å². The van der Waals surface area contributed by atoms with Crippen molar-refractivity contribution in [3.63, 3.8) is 0 Å². The molecule has 0 radical (unpaired) electrons. The lowest BCUT2D eigenvalue weighted by Crippen LogP contribution is -2.49. The fourth-order valence-electron chi connectivity index (χ4n) is 5.86. The molecule has 0 unspecified atom stereocenters. The maximum atomic E-state index is 13.1. The quantitative estimate of drug-likeness (QED) is 0.297. The number of benzene rings is 3. The van der Waals surface area contributed by atoms with E-state index >= 15 is 0 Å². The van der Waals surface area contributed by atoms with E-state index in [1.54, 1.807) is 4.52 Å². The van der Waals surface area contributed by atoms with Gasteiger partial charge >= 0.3 is 0 Å². The van der Waals surface area contributed by atoms with Gasteiger partial charge in [-0.15, -0.1) is 15.3 Å². The van der Waals surface area contributed by atoms with Crippen molar-refractivity contribution < 1.29 is 4.79 Å². The van der Waals surface area contributed by atoms with Crippen molar-refractivity contribution in [2.45, 2.75) is 33.1 Å². The number of anilines is 1. The SMILES string of the molecule is Cc1ccc(C)c(N2CCN(C(=O)CCCc3nnc4n5nc(-c6ccccc6)nc5c5ccccc5n34)CC2)c1. The Labute approximate surface area is 238 Å². The fraction of sp³-hybridized carbons (Fsp3) is 0.281. The number of hydrogen-bond donors (Lipinski definition) is 0. The molecular formula is C32H32N8O. The van der Waals surface area contributed by atoms with E-state index in [1.807, 2.05) is 47.4 Å². The smallest absolute Gasteiger partial charge is 0.258 e. The number of carbonyl (C=O) groups is 1. The molecule has 1 fully saturated rings. The summed E-state index contributed by atoms with van der Waals surface area (Å²) in [6.07, 6.45) is 1.83. The van der Waals surface area contributed by atoms with E-state index in [2.05, 4.69) is 63.7 Å². The molecule has 9 heteroatoms. The van der Waals surface area contributed by atoms with Gasteiger partial charge in [-0.2, -0.15) is 4.52 Å². The lowest BCUT2D eigenvalue weighted by molar-refractivity contribution is -0.131. The van der Waals surface area contributed by atoms with E-state index in [0.29, 0.717) is 30.9 Å². The zero-order valence-electron chi connectivity index (χ0n) is 23.4. The zero-order chi connectivity index (χ0) is 27.9. The first kappa shape index (κ1) is 25.2. The molecule has 3 aromatic heterocycles. The normalized spacial score (nSPS) is 14.0. The summed E-state index contributed by atoms with van der Waals surface area (Å²) in [5.41, 5.74) is 6.51. The maximum Gasteiger partial charge on any atom is 0.258 e. The number of nitrogens with zero attached hydrogens (tertiary/aromatic N) is 8. The van der Waals surface area contributed by atoms with Crippen molar-refractivity contribution in [1.29, 1.82) is 0 Å². The molecular weight excluding hydrogens is 512 g/mol. The number of aromatic nitrogens is 6. The third kappa shape index (κ3) is 4.57. The minimum atomic E-state index is 0.204. The first-order chi connectivity index (χ1) is 20.1. The molecule has 1 amide bonds. The van der Waals surface area contributed by atoms with Crippen molar-refractivity contribution >= 4 is 33.9 Å². The van der Waals surface area contributed by atoms with Crippen LogP contribution in [-0.2, 0) is 11.2 Å². The minimum Gasteiger partial charge on any atom is -0.368 e. The predicted octanol–water partition coefficient (Wildman–Crippen LogP) is 4.88. The van der Waals surface area contributed by atoms with Gasteiger partial charge in [0.15, 0.2) is 11.5 Å². The first-order valence-corrected chi connectivity index (χ1v) is 14.2. The highest BCUT2D eigenvalue weighted by molar-refractivity contribution is 5.94. The van der Waals surface area contributed by atoms with E-state index in [1.165, 1.54) is 16.8 Å². The average molecular weight is 545 g/mol. The standard InChI is InChI=1S/C32H32N8O/c1-22-15-16-23(2)27(21-22)37-17-19-38(20-18-37)29(41)14-8-13-28-34-35-32-39(28)26-12-7-6-11-25(26)31-33-30(36-40(31)32)24-9-4-3-5-10-24/h3-7,9-12,15-16,21H,8,13-14,17-20H2,1-2H3. The van der Waals surface area contributed by atoms with Crippen LogP contribution in [0.1, 0.15) is 29.8 Å². The van der Waals surface area contributed by atoms with E-state index in [4.69, 9.17) is 10.1 Å². The van der Waals surface area contributed by atoms with Gasteiger partial charge in [-0.25, -0.2) is 4.98 Å². The molecule has 1 saturated heterocycles. The van der Waals surface area contributed by atoms with Crippen molar-refractivity contribution in [2.75, 3.05) is 31.1 Å². The van der Waals surface area contributed by atoms with Crippen LogP contribution < -0.4 is 4.90 Å². The van der Waals surface area contributed by atoms with Crippen LogP contribution in [0, 0.1) is 13.8 Å². The summed E-state index contributed by atoms with van der Waals surface area (Å²) in [7, 11) is 0. The van der Waals surface area contributed by atoms with Crippen LogP contribution in [0.5, 0.6) is 0 Å².